The van der Waals surface area contributed by atoms with E-state index in [4.69, 9.17) is 5.26 Å². The smallest absolute Gasteiger partial charge is 0.155 e. The fraction of sp³-hybridized carbons (Fsp3) is 0.200. The van der Waals surface area contributed by atoms with Crippen molar-refractivity contribution in [3.8, 4) is 18.0 Å². The highest BCUT2D eigenvalue weighted by atomic mass is 15.3. The quantitative estimate of drug-likeness (QED) is 0.716. The van der Waals surface area contributed by atoms with Crippen molar-refractivity contribution in [2.24, 2.45) is 7.05 Å². The lowest BCUT2D eigenvalue weighted by atomic mass is 10.2. The summed E-state index contributed by atoms with van der Waals surface area (Å²) in [5.74, 6) is 1.26. The molecule has 0 amide bonds. The van der Waals surface area contributed by atoms with E-state index < -0.39 is 0 Å². The first-order chi connectivity index (χ1) is 10.2. The largest absolute Gasteiger partial charge is 0.279 e. The summed E-state index contributed by atoms with van der Waals surface area (Å²) in [5.41, 5.74) is 2.82. The Morgan fingerprint density at radius 3 is 2.71 bits per heavy atom. The van der Waals surface area contributed by atoms with Crippen LogP contribution in [-0.4, -0.2) is 19.3 Å². The fourth-order valence-electron chi connectivity index (χ4n) is 2.53. The number of imidazole rings is 1. The molecule has 6 nitrogen and oxygen atoms in total. The Hall–Kier alpha value is -3.12. The summed E-state index contributed by atoms with van der Waals surface area (Å²) in [7, 11) is 1.79. The van der Waals surface area contributed by atoms with Crippen LogP contribution in [0.1, 0.15) is 17.1 Å². The Bertz CT molecular complexity index is 916. The average molecular weight is 276 g/mol. The number of nitrogens with zero attached hydrogens (tertiary/aromatic N) is 6. The summed E-state index contributed by atoms with van der Waals surface area (Å²) in [6, 6.07) is 11.9. The molecule has 0 aliphatic carbocycles. The van der Waals surface area contributed by atoms with Gasteiger partial charge in [0.2, 0.25) is 0 Å². The zero-order chi connectivity index (χ0) is 15.0. The maximum absolute atomic E-state index is 9.40. The third-order valence-electron chi connectivity index (χ3n) is 3.38. The molecule has 0 spiro atoms. The van der Waals surface area contributed by atoms with Crippen LogP contribution in [0.3, 0.4) is 0 Å². The summed E-state index contributed by atoms with van der Waals surface area (Å²) in [6.07, 6.45) is 0.170. The molecular formula is C15H12N6. The fourth-order valence-corrected chi connectivity index (χ4v) is 2.53. The van der Waals surface area contributed by atoms with E-state index in [1.165, 1.54) is 0 Å². The molecule has 0 aliphatic heterocycles. The molecule has 3 rings (SSSR count). The molecular weight excluding hydrogens is 264 g/mol. The molecule has 1 aromatic carbocycles. The molecule has 2 aromatic heterocycles. The molecule has 0 atom stereocenters. The first-order valence-corrected chi connectivity index (χ1v) is 6.44. The minimum atomic E-state index is 0.170. The number of aromatic nitrogens is 4. The highest BCUT2D eigenvalue weighted by Gasteiger charge is 2.20. The van der Waals surface area contributed by atoms with Gasteiger partial charge in [-0.25, -0.2) is 4.98 Å². The highest BCUT2D eigenvalue weighted by Crippen LogP contribution is 2.25. The van der Waals surface area contributed by atoms with E-state index in [0.717, 1.165) is 11.0 Å². The van der Waals surface area contributed by atoms with Crippen LogP contribution >= 0.6 is 0 Å². The number of aryl methyl sites for hydroxylation is 2. The molecule has 21 heavy (non-hydrogen) atoms. The van der Waals surface area contributed by atoms with Crippen molar-refractivity contribution in [1.82, 2.24) is 19.3 Å². The Morgan fingerprint density at radius 2 is 2.00 bits per heavy atom. The predicted octanol–water partition coefficient (Wildman–Crippen LogP) is 2.01. The van der Waals surface area contributed by atoms with E-state index in [9.17, 15) is 5.26 Å². The minimum Gasteiger partial charge on any atom is -0.279 e. The van der Waals surface area contributed by atoms with Gasteiger partial charge in [0.1, 0.15) is 17.5 Å². The molecule has 0 saturated carbocycles. The maximum atomic E-state index is 9.40. The van der Waals surface area contributed by atoms with Gasteiger partial charge >= 0.3 is 0 Å². The van der Waals surface area contributed by atoms with Gasteiger partial charge in [-0.3, -0.25) is 9.25 Å². The van der Waals surface area contributed by atoms with E-state index >= 15 is 0 Å². The maximum Gasteiger partial charge on any atom is 0.155 e. The number of nitriles is 2. The van der Waals surface area contributed by atoms with Crippen LogP contribution in [0, 0.1) is 29.6 Å². The molecule has 0 bridgehead atoms. The van der Waals surface area contributed by atoms with Crippen molar-refractivity contribution < 1.29 is 0 Å². The monoisotopic (exact) mass is 276 g/mol. The third-order valence-corrected chi connectivity index (χ3v) is 3.38. The number of rotatable bonds is 2. The summed E-state index contributed by atoms with van der Waals surface area (Å²) < 4.78 is 3.50. The zero-order valence-electron chi connectivity index (χ0n) is 11.7. The highest BCUT2D eigenvalue weighted by molar-refractivity contribution is 5.78. The summed E-state index contributed by atoms with van der Waals surface area (Å²) >= 11 is 0. The van der Waals surface area contributed by atoms with Crippen LogP contribution in [0.4, 0.5) is 0 Å². The van der Waals surface area contributed by atoms with Crippen molar-refractivity contribution >= 4 is 11.0 Å². The van der Waals surface area contributed by atoms with E-state index in [-0.39, 0.29) is 6.42 Å². The van der Waals surface area contributed by atoms with Gasteiger partial charge in [-0.2, -0.15) is 15.6 Å². The molecule has 2 heterocycles. The lowest BCUT2D eigenvalue weighted by molar-refractivity contribution is 0.717. The summed E-state index contributed by atoms with van der Waals surface area (Å²) in [6.45, 7) is 1.80. The number of fused-ring (bicyclic) bond motifs is 1. The molecule has 0 radical (unpaired) electrons. The van der Waals surface area contributed by atoms with E-state index in [2.05, 4.69) is 22.2 Å². The van der Waals surface area contributed by atoms with Gasteiger partial charge in [-0.15, -0.1) is 0 Å². The van der Waals surface area contributed by atoms with Gasteiger partial charge < -0.3 is 0 Å². The number of benzene rings is 1. The Balaban J connectivity index is 2.42. The van der Waals surface area contributed by atoms with Crippen LogP contribution in [0.15, 0.2) is 24.3 Å². The van der Waals surface area contributed by atoms with Gasteiger partial charge in [0.05, 0.1) is 29.2 Å². The van der Waals surface area contributed by atoms with Crippen LogP contribution in [0.2, 0.25) is 0 Å². The number of hydrogen-bond acceptors (Lipinski definition) is 4. The number of hydrogen-bond donors (Lipinski definition) is 0. The van der Waals surface area contributed by atoms with Gasteiger partial charge in [-0.1, -0.05) is 12.1 Å². The van der Waals surface area contributed by atoms with Crippen LogP contribution in [-0.2, 0) is 13.5 Å². The second kappa shape index (κ2) is 4.77. The Morgan fingerprint density at radius 1 is 1.24 bits per heavy atom. The molecule has 0 saturated heterocycles. The van der Waals surface area contributed by atoms with Crippen molar-refractivity contribution in [1.29, 1.82) is 10.5 Å². The van der Waals surface area contributed by atoms with Crippen LogP contribution in [0.5, 0.6) is 0 Å². The van der Waals surface area contributed by atoms with Crippen molar-refractivity contribution in [3.05, 3.63) is 41.3 Å². The number of para-hydroxylation sites is 2. The topological polar surface area (TPSA) is 83.2 Å². The Labute approximate surface area is 121 Å². The minimum absolute atomic E-state index is 0.170. The Kier molecular flexibility index (Phi) is 2.93. The zero-order valence-corrected chi connectivity index (χ0v) is 11.7. The van der Waals surface area contributed by atoms with Gasteiger partial charge in [0, 0.05) is 7.05 Å². The van der Waals surface area contributed by atoms with E-state index in [0.29, 0.717) is 22.9 Å². The van der Waals surface area contributed by atoms with E-state index in [1.54, 1.807) is 18.7 Å². The second-order valence-corrected chi connectivity index (χ2v) is 4.71. The predicted molar refractivity (Wildman–Crippen MR) is 76.6 cm³/mol. The van der Waals surface area contributed by atoms with Gasteiger partial charge in [-0.05, 0) is 19.1 Å². The normalized spacial score (nSPS) is 10.5. The lowest BCUT2D eigenvalue weighted by Crippen LogP contribution is -2.08. The second-order valence-electron chi connectivity index (χ2n) is 4.71. The van der Waals surface area contributed by atoms with Crippen LogP contribution in [0.25, 0.3) is 16.9 Å². The van der Waals surface area contributed by atoms with Crippen molar-refractivity contribution in [2.45, 2.75) is 13.3 Å². The standard InChI is InChI=1S/C15H12N6/c1-10-11(9-17)15(20(2)19-10)21-13-6-4-3-5-12(13)18-14(21)7-8-16/h3-6H,7H2,1-2H3. The molecule has 102 valence electrons. The summed E-state index contributed by atoms with van der Waals surface area (Å²) in [5, 5.41) is 22.7. The van der Waals surface area contributed by atoms with Crippen molar-refractivity contribution in [2.75, 3.05) is 0 Å². The first-order valence-electron chi connectivity index (χ1n) is 6.44. The lowest BCUT2D eigenvalue weighted by Gasteiger charge is -2.08. The average Bonchev–Trinajstić information content (AvgIpc) is 2.95. The molecule has 0 aliphatic rings. The molecule has 0 N–H and O–H groups in total. The molecule has 0 unspecified atom stereocenters. The SMILES string of the molecule is Cc1nn(C)c(-n2c(CC#N)nc3ccccc32)c1C#N. The molecule has 6 heteroatoms. The van der Waals surface area contributed by atoms with Crippen LogP contribution < -0.4 is 0 Å². The third kappa shape index (κ3) is 1.86. The first kappa shape index (κ1) is 12.9. The summed E-state index contributed by atoms with van der Waals surface area (Å²) in [4.78, 5) is 4.49. The van der Waals surface area contributed by atoms with Crippen molar-refractivity contribution in [3.63, 3.8) is 0 Å². The molecule has 0 fully saturated rings. The van der Waals surface area contributed by atoms with Gasteiger partial charge in [0.25, 0.3) is 0 Å². The molecule has 3 aromatic rings. The van der Waals surface area contributed by atoms with E-state index in [1.807, 2.05) is 28.8 Å². The van der Waals surface area contributed by atoms with Gasteiger partial charge in [0.15, 0.2) is 5.82 Å².